The zero-order valence-corrected chi connectivity index (χ0v) is 15.9. The summed E-state index contributed by atoms with van der Waals surface area (Å²) in [7, 11) is 0. The average Bonchev–Trinajstić information content (AvgIpc) is 3.15. The number of ether oxygens (including phenoxy) is 1. The molecule has 6 heteroatoms. The van der Waals surface area contributed by atoms with Crippen LogP contribution in [0.15, 0.2) is 24.3 Å². The van der Waals surface area contributed by atoms with Crippen LogP contribution >= 0.6 is 0 Å². The highest BCUT2D eigenvalue weighted by atomic mass is 16.5. The molecule has 3 fully saturated rings. The van der Waals surface area contributed by atoms with E-state index in [0.717, 1.165) is 39.0 Å². The van der Waals surface area contributed by atoms with E-state index in [-0.39, 0.29) is 30.1 Å². The van der Waals surface area contributed by atoms with Crippen molar-refractivity contribution in [2.75, 3.05) is 19.7 Å². The Morgan fingerprint density at radius 3 is 2.74 bits per heavy atom. The minimum absolute atomic E-state index is 0.0145. The van der Waals surface area contributed by atoms with Gasteiger partial charge in [0.1, 0.15) is 0 Å². The SMILES string of the molecule is Cc1ccc(CC2CN(C(=O)NC3CCC(=O)NC3C3CCCO3)C2)cc1. The Labute approximate surface area is 160 Å². The third kappa shape index (κ3) is 4.26. The second-order valence-corrected chi connectivity index (χ2v) is 8.20. The maximum absolute atomic E-state index is 12.6. The van der Waals surface area contributed by atoms with Crippen LogP contribution in [0, 0.1) is 12.8 Å². The molecule has 27 heavy (non-hydrogen) atoms. The van der Waals surface area contributed by atoms with Gasteiger partial charge in [0.15, 0.2) is 0 Å². The van der Waals surface area contributed by atoms with Gasteiger partial charge in [0.25, 0.3) is 0 Å². The number of amides is 3. The largest absolute Gasteiger partial charge is 0.376 e. The van der Waals surface area contributed by atoms with Gasteiger partial charge in [0, 0.05) is 26.1 Å². The van der Waals surface area contributed by atoms with Crippen LogP contribution in [0.1, 0.15) is 36.8 Å². The molecule has 6 nitrogen and oxygen atoms in total. The molecular formula is C21H29N3O3. The van der Waals surface area contributed by atoms with Gasteiger partial charge in [-0.25, -0.2) is 4.79 Å². The third-order valence-corrected chi connectivity index (χ3v) is 6.01. The number of carbonyl (C=O) groups is 2. The monoisotopic (exact) mass is 371 g/mol. The van der Waals surface area contributed by atoms with Crippen LogP contribution in [0.3, 0.4) is 0 Å². The zero-order chi connectivity index (χ0) is 18.8. The molecule has 0 aliphatic carbocycles. The fourth-order valence-corrected chi connectivity index (χ4v) is 4.40. The molecule has 3 unspecified atom stereocenters. The molecule has 0 radical (unpaired) electrons. The van der Waals surface area contributed by atoms with Crippen LogP contribution < -0.4 is 10.6 Å². The van der Waals surface area contributed by atoms with E-state index in [1.54, 1.807) is 0 Å². The molecule has 1 aromatic rings. The van der Waals surface area contributed by atoms with Crippen LogP contribution in [-0.4, -0.2) is 54.7 Å². The Kier molecular flexibility index (Phi) is 5.34. The molecule has 3 saturated heterocycles. The molecule has 3 atom stereocenters. The number of hydrogen-bond acceptors (Lipinski definition) is 3. The summed E-state index contributed by atoms with van der Waals surface area (Å²) in [6.07, 6.45) is 4.14. The van der Waals surface area contributed by atoms with Crippen LogP contribution in [0.4, 0.5) is 4.79 Å². The number of hydrogen-bond donors (Lipinski definition) is 2. The highest BCUT2D eigenvalue weighted by molar-refractivity contribution is 5.79. The lowest BCUT2D eigenvalue weighted by molar-refractivity contribution is -0.125. The van der Waals surface area contributed by atoms with Crippen molar-refractivity contribution in [3.63, 3.8) is 0 Å². The fourth-order valence-electron chi connectivity index (χ4n) is 4.40. The van der Waals surface area contributed by atoms with Gasteiger partial charge in [-0.1, -0.05) is 29.8 Å². The van der Waals surface area contributed by atoms with E-state index in [1.807, 2.05) is 4.90 Å². The first-order valence-corrected chi connectivity index (χ1v) is 10.1. The first-order valence-electron chi connectivity index (χ1n) is 10.1. The number of aryl methyl sites for hydroxylation is 1. The number of nitrogens with zero attached hydrogens (tertiary/aromatic N) is 1. The van der Waals surface area contributed by atoms with Crippen molar-refractivity contribution in [1.29, 1.82) is 0 Å². The first kappa shape index (κ1) is 18.3. The van der Waals surface area contributed by atoms with Gasteiger partial charge in [-0.15, -0.1) is 0 Å². The number of urea groups is 1. The summed E-state index contributed by atoms with van der Waals surface area (Å²) >= 11 is 0. The number of piperidine rings is 1. The first-order chi connectivity index (χ1) is 13.1. The van der Waals surface area contributed by atoms with Gasteiger partial charge in [0.2, 0.25) is 5.91 Å². The van der Waals surface area contributed by atoms with Gasteiger partial charge < -0.3 is 20.3 Å². The van der Waals surface area contributed by atoms with Crippen molar-refractivity contribution in [3.05, 3.63) is 35.4 Å². The van der Waals surface area contributed by atoms with E-state index in [1.165, 1.54) is 11.1 Å². The molecule has 0 aromatic heterocycles. The van der Waals surface area contributed by atoms with Crippen LogP contribution in [-0.2, 0) is 16.0 Å². The summed E-state index contributed by atoms with van der Waals surface area (Å²) < 4.78 is 5.77. The van der Waals surface area contributed by atoms with E-state index in [4.69, 9.17) is 4.74 Å². The summed E-state index contributed by atoms with van der Waals surface area (Å²) in [6.45, 7) is 4.42. The normalized spacial score (nSPS) is 28.6. The minimum atomic E-state index is -0.109. The van der Waals surface area contributed by atoms with Crippen molar-refractivity contribution in [1.82, 2.24) is 15.5 Å². The number of likely N-dealkylation sites (tertiary alicyclic amines) is 1. The Morgan fingerprint density at radius 2 is 2.04 bits per heavy atom. The average molecular weight is 371 g/mol. The predicted molar refractivity (Wildman–Crippen MR) is 102 cm³/mol. The smallest absolute Gasteiger partial charge is 0.317 e. The van der Waals surface area contributed by atoms with E-state index in [0.29, 0.717) is 18.8 Å². The summed E-state index contributed by atoms with van der Waals surface area (Å²) in [5.41, 5.74) is 2.60. The summed E-state index contributed by atoms with van der Waals surface area (Å²) in [6, 6.07) is 8.46. The maximum atomic E-state index is 12.6. The fraction of sp³-hybridized carbons (Fsp3) is 0.619. The molecule has 3 heterocycles. The number of rotatable bonds is 4. The highest BCUT2D eigenvalue weighted by Crippen LogP contribution is 2.24. The van der Waals surface area contributed by atoms with E-state index in [9.17, 15) is 9.59 Å². The molecule has 3 aliphatic rings. The molecule has 1 aromatic carbocycles. The topological polar surface area (TPSA) is 70.7 Å². The van der Waals surface area contributed by atoms with Crippen molar-refractivity contribution < 1.29 is 14.3 Å². The lowest BCUT2D eigenvalue weighted by Crippen LogP contribution is -2.63. The summed E-state index contributed by atoms with van der Waals surface area (Å²) in [5, 5.41) is 6.19. The number of carbonyl (C=O) groups excluding carboxylic acids is 2. The van der Waals surface area contributed by atoms with Crippen molar-refractivity contribution in [2.45, 2.75) is 57.2 Å². The molecule has 146 valence electrons. The quantitative estimate of drug-likeness (QED) is 0.851. The number of benzene rings is 1. The van der Waals surface area contributed by atoms with Gasteiger partial charge in [-0.3, -0.25) is 4.79 Å². The number of nitrogens with one attached hydrogen (secondary N) is 2. The summed E-state index contributed by atoms with van der Waals surface area (Å²) in [4.78, 5) is 26.3. The van der Waals surface area contributed by atoms with Gasteiger partial charge in [0.05, 0.1) is 18.2 Å². The van der Waals surface area contributed by atoms with Crippen molar-refractivity contribution in [3.8, 4) is 0 Å². The molecule has 4 rings (SSSR count). The standard InChI is InChI=1S/C21H29N3O3/c1-14-4-6-15(7-5-14)11-16-12-24(13-16)21(26)22-17-8-9-19(25)23-20(17)18-3-2-10-27-18/h4-7,16-18,20H,2-3,8-13H2,1H3,(H,22,26)(H,23,25). The van der Waals surface area contributed by atoms with Crippen LogP contribution in [0.25, 0.3) is 0 Å². The second-order valence-electron chi connectivity index (χ2n) is 8.20. The Morgan fingerprint density at radius 1 is 1.26 bits per heavy atom. The molecule has 0 spiro atoms. The minimum Gasteiger partial charge on any atom is -0.376 e. The molecule has 0 saturated carbocycles. The van der Waals surface area contributed by atoms with Gasteiger partial charge in [-0.2, -0.15) is 0 Å². The Hall–Kier alpha value is -2.08. The highest BCUT2D eigenvalue weighted by Gasteiger charge is 2.39. The van der Waals surface area contributed by atoms with Crippen LogP contribution in [0.5, 0.6) is 0 Å². The lowest BCUT2D eigenvalue weighted by atomic mass is 9.91. The molecule has 3 amide bonds. The summed E-state index contributed by atoms with van der Waals surface area (Å²) in [5.74, 6) is 0.585. The van der Waals surface area contributed by atoms with Gasteiger partial charge >= 0.3 is 6.03 Å². The molecular weight excluding hydrogens is 342 g/mol. The predicted octanol–water partition coefficient (Wildman–Crippen LogP) is 2.01. The second kappa shape index (κ2) is 7.89. The van der Waals surface area contributed by atoms with Crippen molar-refractivity contribution in [2.24, 2.45) is 5.92 Å². The van der Waals surface area contributed by atoms with E-state index < -0.39 is 0 Å². The molecule has 2 N–H and O–H groups in total. The zero-order valence-electron chi connectivity index (χ0n) is 15.9. The Balaban J connectivity index is 1.27. The van der Waals surface area contributed by atoms with Crippen molar-refractivity contribution >= 4 is 11.9 Å². The third-order valence-electron chi connectivity index (χ3n) is 6.01. The lowest BCUT2D eigenvalue weighted by Gasteiger charge is -2.42. The van der Waals surface area contributed by atoms with E-state index in [2.05, 4.69) is 41.8 Å². The van der Waals surface area contributed by atoms with Crippen LogP contribution in [0.2, 0.25) is 0 Å². The molecule has 3 aliphatic heterocycles. The maximum Gasteiger partial charge on any atom is 0.317 e. The molecule has 0 bridgehead atoms. The Bertz CT molecular complexity index is 678. The van der Waals surface area contributed by atoms with E-state index >= 15 is 0 Å². The van der Waals surface area contributed by atoms with Gasteiger partial charge in [-0.05, 0) is 44.1 Å².